The highest BCUT2D eigenvalue weighted by Crippen LogP contribution is 2.25. The van der Waals surface area contributed by atoms with Crippen molar-refractivity contribution in [3.8, 4) is 0 Å². The standard InChI is InChI=1S/C9H17N5O/c1-13(7-2-3-7)4-8(15)5-14-6-11-9(10)12-14/h6-8,15H,2-5H2,1H3,(H2,10,12). The zero-order chi connectivity index (χ0) is 10.8. The smallest absolute Gasteiger partial charge is 0.239 e. The van der Waals surface area contributed by atoms with Gasteiger partial charge in [0.25, 0.3) is 0 Å². The molecule has 1 saturated carbocycles. The van der Waals surface area contributed by atoms with E-state index in [0.717, 1.165) is 0 Å². The summed E-state index contributed by atoms with van der Waals surface area (Å²) in [6, 6.07) is 0.667. The lowest BCUT2D eigenvalue weighted by molar-refractivity contribution is 0.103. The van der Waals surface area contributed by atoms with E-state index in [0.29, 0.717) is 19.1 Å². The number of nitrogen functional groups attached to an aromatic ring is 1. The Balaban J connectivity index is 1.78. The van der Waals surface area contributed by atoms with Crippen LogP contribution < -0.4 is 5.73 Å². The topological polar surface area (TPSA) is 80.2 Å². The molecule has 15 heavy (non-hydrogen) atoms. The van der Waals surface area contributed by atoms with Gasteiger partial charge in [-0.15, -0.1) is 5.10 Å². The van der Waals surface area contributed by atoms with Crippen molar-refractivity contribution < 1.29 is 5.11 Å². The number of aliphatic hydroxyl groups excluding tert-OH is 1. The van der Waals surface area contributed by atoms with Crippen LogP contribution in [0.3, 0.4) is 0 Å². The summed E-state index contributed by atoms with van der Waals surface area (Å²) in [6.45, 7) is 1.12. The van der Waals surface area contributed by atoms with Crippen molar-refractivity contribution in [1.82, 2.24) is 19.7 Å². The number of aliphatic hydroxyl groups is 1. The fourth-order valence-corrected chi connectivity index (χ4v) is 1.67. The zero-order valence-corrected chi connectivity index (χ0v) is 8.87. The van der Waals surface area contributed by atoms with Crippen molar-refractivity contribution in [3.63, 3.8) is 0 Å². The van der Waals surface area contributed by atoms with Crippen LogP contribution in [0.15, 0.2) is 6.33 Å². The van der Waals surface area contributed by atoms with Crippen molar-refractivity contribution >= 4 is 5.95 Å². The van der Waals surface area contributed by atoms with E-state index in [9.17, 15) is 5.11 Å². The van der Waals surface area contributed by atoms with Gasteiger partial charge in [-0.05, 0) is 19.9 Å². The van der Waals surface area contributed by atoms with Crippen LogP contribution >= 0.6 is 0 Å². The van der Waals surface area contributed by atoms with E-state index in [1.165, 1.54) is 19.2 Å². The predicted octanol–water partition coefficient (Wildman–Crippen LogP) is -0.685. The van der Waals surface area contributed by atoms with E-state index in [1.54, 1.807) is 4.68 Å². The van der Waals surface area contributed by atoms with E-state index < -0.39 is 6.10 Å². The summed E-state index contributed by atoms with van der Waals surface area (Å²) < 4.78 is 1.57. The number of likely N-dealkylation sites (N-methyl/N-ethyl adjacent to an activating group) is 1. The minimum atomic E-state index is -0.420. The lowest BCUT2D eigenvalue weighted by atomic mass is 10.3. The molecule has 3 N–H and O–H groups in total. The van der Waals surface area contributed by atoms with Crippen molar-refractivity contribution in [2.24, 2.45) is 0 Å². The fraction of sp³-hybridized carbons (Fsp3) is 0.778. The first-order valence-electron chi connectivity index (χ1n) is 5.18. The van der Waals surface area contributed by atoms with Gasteiger partial charge in [-0.1, -0.05) is 0 Å². The average molecular weight is 211 g/mol. The van der Waals surface area contributed by atoms with E-state index in [2.05, 4.69) is 15.0 Å². The van der Waals surface area contributed by atoms with Crippen LogP contribution in [0.5, 0.6) is 0 Å². The number of aromatic nitrogens is 3. The second kappa shape index (κ2) is 4.16. The normalized spacial score (nSPS) is 18.3. The van der Waals surface area contributed by atoms with Crippen molar-refractivity contribution in [3.05, 3.63) is 6.33 Å². The lowest BCUT2D eigenvalue weighted by Gasteiger charge is -2.19. The SMILES string of the molecule is CN(CC(O)Cn1cnc(N)n1)C1CC1. The quantitative estimate of drug-likeness (QED) is 0.674. The van der Waals surface area contributed by atoms with E-state index >= 15 is 0 Å². The number of rotatable bonds is 5. The summed E-state index contributed by atoms with van der Waals surface area (Å²) >= 11 is 0. The van der Waals surface area contributed by atoms with Gasteiger partial charge in [0, 0.05) is 12.6 Å². The molecule has 0 aliphatic heterocycles. The number of nitrogens with two attached hydrogens (primary N) is 1. The van der Waals surface area contributed by atoms with Gasteiger partial charge >= 0.3 is 0 Å². The summed E-state index contributed by atoms with van der Waals surface area (Å²) in [6.07, 6.45) is 3.62. The Labute approximate surface area is 88.7 Å². The molecule has 0 amide bonds. The summed E-state index contributed by atoms with van der Waals surface area (Å²) in [5.41, 5.74) is 5.38. The molecule has 0 aromatic carbocycles. The van der Waals surface area contributed by atoms with Crippen LogP contribution in [0, 0.1) is 0 Å². The molecule has 0 saturated heterocycles. The third-order valence-electron chi connectivity index (χ3n) is 2.62. The van der Waals surface area contributed by atoms with Gasteiger partial charge in [-0.25, -0.2) is 9.67 Å². The fourth-order valence-electron chi connectivity index (χ4n) is 1.67. The highest BCUT2D eigenvalue weighted by Gasteiger charge is 2.27. The molecular formula is C9H17N5O. The third kappa shape index (κ3) is 2.90. The molecule has 1 aromatic rings. The zero-order valence-electron chi connectivity index (χ0n) is 8.87. The van der Waals surface area contributed by atoms with Gasteiger partial charge in [0.2, 0.25) is 5.95 Å². The van der Waals surface area contributed by atoms with Crippen molar-refractivity contribution in [2.75, 3.05) is 19.3 Å². The molecule has 84 valence electrons. The number of anilines is 1. The van der Waals surface area contributed by atoms with Crippen LogP contribution in [-0.4, -0.2) is 50.5 Å². The molecule has 2 rings (SSSR count). The molecule has 1 heterocycles. The maximum Gasteiger partial charge on any atom is 0.239 e. The molecule has 0 spiro atoms. The Morgan fingerprint density at radius 3 is 3.00 bits per heavy atom. The van der Waals surface area contributed by atoms with Gasteiger partial charge in [-0.2, -0.15) is 0 Å². The Kier molecular flexibility index (Phi) is 2.88. The molecule has 6 nitrogen and oxygen atoms in total. The second-order valence-corrected chi connectivity index (χ2v) is 4.15. The maximum absolute atomic E-state index is 9.79. The van der Waals surface area contributed by atoms with Gasteiger partial charge in [-0.3, -0.25) is 0 Å². The summed E-state index contributed by atoms with van der Waals surface area (Å²) in [7, 11) is 2.04. The van der Waals surface area contributed by atoms with Crippen LogP contribution in [0.4, 0.5) is 5.95 Å². The highest BCUT2D eigenvalue weighted by atomic mass is 16.3. The van der Waals surface area contributed by atoms with Gasteiger partial charge in [0.1, 0.15) is 6.33 Å². The molecule has 0 bridgehead atoms. The Morgan fingerprint density at radius 2 is 2.47 bits per heavy atom. The average Bonchev–Trinajstić information content (AvgIpc) is 2.92. The molecule has 0 radical (unpaired) electrons. The molecule has 1 aliphatic carbocycles. The Hall–Kier alpha value is -1.14. The number of nitrogens with zero attached hydrogens (tertiary/aromatic N) is 4. The Bertz CT molecular complexity index is 322. The minimum Gasteiger partial charge on any atom is -0.390 e. The first-order chi connectivity index (χ1) is 7.15. The minimum absolute atomic E-state index is 0.248. The summed E-state index contributed by atoms with van der Waals surface area (Å²) in [5, 5.41) is 13.7. The molecule has 1 atom stereocenters. The van der Waals surface area contributed by atoms with Crippen LogP contribution in [0.2, 0.25) is 0 Å². The van der Waals surface area contributed by atoms with E-state index in [4.69, 9.17) is 5.73 Å². The van der Waals surface area contributed by atoms with Crippen LogP contribution in [-0.2, 0) is 6.54 Å². The van der Waals surface area contributed by atoms with Crippen LogP contribution in [0.1, 0.15) is 12.8 Å². The predicted molar refractivity (Wildman–Crippen MR) is 56.1 cm³/mol. The number of hydrogen-bond donors (Lipinski definition) is 2. The molecule has 6 heteroatoms. The first-order valence-corrected chi connectivity index (χ1v) is 5.18. The van der Waals surface area contributed by atoms with Crippen molar-refractivity contribution in [1.29, 1.82) is 0 Å². The van der Waals surface area contributed by atoms with Gasteiger partial charge in [0.05, 0.1) is 12.6 Å². The summed E-state index contributed by atoms with van der Waals surface area (Å²) in [5.74, 6) is 0.248. The maximum atomic E-state index is 9.79. The largest absolute Gasteiger partial charge is 0.390 e. The van der Waals surface area contributed by atoms with Gasteiger partial charge in [0.15, 0.2) is 0 Å². The molecular weight excluding hydrogens is 194 g/mol. The van der Waals surface area contributed by atoms with Crippen LogP contribution in [0.25, 0.3) is 0 Å². The van der Waals surface area contributed by atoms with E-state index in [-0.39, 0.29) is 5.95 Å². The first kappa shape index (κ1) is 10.4. The third-order valence-corrected chi connectivity index (χ3v) is 2.62. The molecule has 1 aromatic heterocycles. The molecule has 1 aliphatic rings. The number of hydrogen-bond acceptors (Lipinski definition) is 5. The molecule has 1 fully saturated rings. The van der Waals surface area contributed by atoms with Gasteiger partial charge < -0.3 is 15.7 Å². The van der Waals surface area contributed by atoms with Crippen molar-refractivity contribution in [2.45, 2.75) is 31.5 Å². The van der Waals surface area contributed by atoms with E-state index in [1.807, 2.05) is 7.05 Å². The summed E-state index contributed by atoms with van der Waals surface area (Å²) in [4.78, 5) is 5.99. The highest BCUT2D eigenvalue weighted by molar-refractivity contribution is 5.09. The Morgan fingerprint density at radius 1 is 1.73 bits per heavy atom. The monoisotopic (exact) mass is 211 g/mol. The lowest BCUT2D eigenvalue weighted by Crippen LogP contribution is -2.33. The molecule has 1 unspecified atom stereocenters. The second-order valence-electron chi connectivity index (χ2n) is 4.15.